The molecular weight excluding hydrogens is 316 g/mol. The zero-order valence-electron chi connectivity index (χ0n) is 14.5. The first-order valence-electron chi connectivity index (χ1n) is 8.96. The Morgan fingerprint density at radius 2 is 1.92 bits per heavy atom. The minimum Gasteiger partial charge on any atom is -0.353 e. The van der Waals surface area contributed by atoms with E-state index in [4.69, 9.17) is 5.10 Å². The van der Waals surface area contributed by atoms with E-state index in [0.29, 0.717) is 0 Å². The summed E-state index contributed by atoms with van der Waals surface area (Å²) >= 11 is 0. The lowest BCUT2D eigenvalue weighted by Crippen LogP contribution is -2.46. The maximum absolute atomic E-state index is 4.70. The van der Waals surface area contributed by atoms with E-state index in [1.807, 2.05) is 12.1 Å². The summed E-state index contributed by atoms with van der Waals surface area (Å²) in [6, 6.07) is 4.01. The standard InChI is InChI=1S/C17H22N8/c1-22-15(13-3-2-4-14(13)20-22)11-23-7-9-24(10-8-23)17-6-5-16-19-18-12-25(16)21-17/h5-6,12H,2-4,7-11H2,1H3. The van der Waals surface area contributed by atoms with E-state index < -0.39 is 0 Å². The van der Waals surface area contributed by atoms with E-state index in [-0.39, 0.29) is 0 Å². The van der Waals surface area contributed by atoms with E-state index in [1.165, 1.54) is 29.8 Å². The SMILES string of the molecule is Cn1nc2c(c1CN1CCN(c3ccc4nncn4n3)CC1)CCC2. The summed E-state index contributed by atoms with van der Waals surface area (Å²) < 4.78 is 3.83. The van der Waals surface area contributed by atoms with Crippen molar-refractivity contribution >= 4 is 11.5 Å². The molecule has 0 aromatic carbocycles. The highest BCUT2D eigenvalue weighted by molar-refractivity contribution is 5.45. The lowest BCUT2D eigenvalue weighted by atomic mass is 10.2. The Bertz CT molecular complexity index is 903. The van der Waals surface area contributed by atoms with Crippen LogP contribution in [-0.2, 0) is 26.4 Å². The normalized spacial score (nSPS) is 18.2. The largest absolute Gasteiger partial charge is 0.353 e. The van der Waals surface area contributed by atoms with Crippen molar-refractivity contribution in [1.29, 1.82) is 0 Å². The van der Waals surface area contributed by atoms with Crippen LogP contribution in [0.3, 0.4) is 0 Å². The third kappa shape index (κ3) is 2.57. The molecular formula is C17H22N8. The van der Waals surface area contributed by atoms with Gasteiger partial charge >= 0.3 is 0 Å². The monoisotopic (exact) mass is 338 g/mol. The second-order valence-electron chi connectivity index (χ2n) is 6.94. The Kier molecular flexibility index (Phi) is 3.44. The van der Waals surface area contributed by atoms with Gasteiger partial charge in [-0.1, -0.05) is 0 Å². The summed E-state index contributed by atoms with van der Waals surface area (Å²) in [5.74, 6) is 0.994. The van der Waals surface area contributed by atoms with E-state index >= 15 is 0 Å². The number of anilines is 1. The van der Waals surface area contributed by atoms with Crippen molar-refractivity contribution in [2.75, 3.05) is 31.1 Å². The first-order valence-corrected chi connectivity index (χ1v) is 8.96. The van der Waals surface area contributed by atoms with Crippen molar-refractivity contribution in [3.05, 3.63) is 35.4 Å². The van der Waals surface area contributed by atoms with Gasteiger partial charge in [0.1, 0.15) is 12.1 Å². The maximum atomic E-state index is 4.70. The summed E-state index contributed by atoms with van der Waals surface area (Å²) in [6.45, 7) is 5.07. The summed E-state index contributed by atoms with van der Waals surface area (Å²) in [4.78, 5) is 4.87. The molecule has 1 fully saturated rings. The zero-order chi connectivity index (χ0) is 16.8. The van der Waals surface area contributed by atoms with Gasteiger partial charge in [-0.15, -0.1) is 15.3 Å². The average Bonchev–Trinajstić information content (AvgIpc) is 3.33. The van der Waals surface area contributed by atoms with Crippen LogP contribution in [0.4, 0.5) is 5.82 Å². The summed E-state index contributed by atoms with van der Waals surface area (Å²) in [7, 11) is 2.09. The molecule has 0 bridgehead atoms. The molecule has 8 heteroatoms. The molecule has 8 nitrogen and oxygen atoms in total. The van der Waals surface area contributed by atoms with Gasteiger partial charge in [-0.2, -0.15) is 9.61 Å². The van der Waals surface area contributed by atoms with Gasteiger partial charge in [0.2, 0.25) is 0 Å². The second-order valence-corrected chi connectivity index (χ2v) is 6.94. The third-order valence-electron chi connectivity index (χ3n) is 5.42. The molecule has 25 heavy (non-hydrogen) atoms. The topological polar surface area (TPSA) is 67.4 Å². The van der Waals surface area contributed by atoms with Crippen molar-refractivity contribution in [2.45, 2.75) is 25.8 Å². The molecule has 1 saturated heterocycles. The van der Waals surface area contributed by atoms with Crippen LogP contribution in [-0.4, -0.2) is 60.7 Å². The molecule has 0 amide bonds. The van der Waals surface area contributed by atoms with Crippen LogP contribution in [0.25, 0.3) is 5.65 Å². The number of aryl methyl sites for hydroxylation is 2. The summed E-state index contributed by atoms with van der Waals surface area (Å²) in [5, 5.41) is 17.2. The Hall–Kier alpha value is -2.48. The first kappa shape index (κ1) is 14.8. The lowest BCUT2D eigenvalue weighted by molar-refractivity contribution is 0.242. The van der Waals surface area contributed by atoms with Gasteiger partial charge in [0, 0.05) is 39.8 Å². The first-order chi connectivity index (χ1) is 12.3. The fourth-order valence-corrected chi connectivity index (χ4v) is 4.02. The number of rotatable bonds is 3. The van der Waals surface area contributed by atoms with E-state index in [1.54, 1.807) is 10.8 Å². The number of nitrogens with zero attached hydrogens (tertiary/aromatic N) is 8. The molecule has 1 aliphatic carbocycles. The van der Waals surface area contributed by atoms with E-state index in [2.05, 4.69) is 36.8 Å². The molecule has 2 aliphatic rings. The summed E-state index contributed by atoms with van der Waals surface area (Å²) in [6.07, 6.45) is 5.25. The number of aromatic nitrogens is 6. The van der Waals surface area contributed by atoms with Crippen molar-refractivity contribution < 1.29 is 0 Å². The van der Waals surface area contributed by atoms with Crippen LogP contribution in [0, 0.1) is 0 Å². The van der Waals surface area contributed by atoms with Gasteiger partial charge in [-0.05, 0) is 37.0 Å². The van der Waals surface area contributed by atoms with Crippen molar-refractivity contribution in [3.8, 4) is 0 Å². The Morgan fingerprint density at radius 1 is 1.04 bits per heavy atom. The highest BCUT2D eigenvalue weighted by Crippen LogP contribution is 2.25. The van der Waals surface area contributed by atoms with Crippen molar-refractivity contribution in [1.82, 2.24) is 34.5 Å². The van der Waals surface area contributed by atoms with Gasteiger partial charge in [-0.3, -0.25) is 9.58 Å². The predicted molar refractivity (Wildman–Crippen MR) is 93.5 cm³/mol. The van der Waals surface area contributed by atoms with Gasteiger partial charge in [0.25, 0.3) is 0 Å². The second kappa shape index (κ2) is 5.80. The Labute approximate surface area is 146 Å². The fourth-order valence-electron chi connectivity index (χ4n) is 4.02. The average molecular weight is 338 g/mol. The minimum absolute atomic E-state index is 0.785. The number of hydrogen-bond donors (Lipinski definition) is 0. The quantitative estimate of drug-likeness (QED) is 0.699. The molecule has 3 aromatic heterocycles. The molecule has 0 saturated carbocycles. The lowest BCUT2D eigenvalue weighted by Gasteiger charge is -2.35. The molecule has 5 rings (SSSR count). The molecule has 130 valence electrons. The molecule has 0 atom stereocenters. The van der Waals surface area contributed by atoms with Crippen molar-refractivity contribution in [3.63, 3.8) is 0 Å². The predicted octanol–water partition coefficient (Wildman–Crippen LogP) is 0.669. The summed E-state index contributed by atoms with van der Waals surface area (Å²) in [5.41, 5.74) is 5.02. The molecule has 1 aliphatic heterocycles. The third-order valence-corrected chi connectivity index (χ3v) is 5.42. The minimum atomic E-state index is 0.785. The van der Waals surface area contributed by atoms with Crippen LogP contribution >= 0.6 is 0 Å². The fraction of sp³-hybridized carbons (Fsp3) is 0.529. The van der Waals surface area contributed by atoms with Gasteiger partial charge in [0.15, 0.2) is 5.65 Å². The van der Waals surface area contributed by atoms with E-state index in [0.717, 1.165) is 50.6 Å². The number of hydrogen-bond acceptors (Lipinski definition) is 6. The Morgan fingerprint density at radius 3 is 2.80 bits per heavy atom. The zero-order valence-corrected chi connectivity index (χ0v) is 14.5. The van der Waals surface area contributed by atoms with Crippen molar-refractivity contribution in [2.24, 2.45) is 7.05 Å². The van der Waals surface area contributed by atoms with Crippen LogP contribution < -0.4 is 4.90 Å². The number of fused-ring (bicyclic) bond motifs is 2. The smallest absolute Gasteiger partial charge is 0.177 e. The van der Waals surface area contributed by atoms with Gasteiger partial charge < -0.3 is 4.90 Å². The maximum Gasteiger partial charge on any atom is 0.177 e. The van der Waals surface area contributed by atoms with Gasteiger partial charge in [-0.25, -0.2) is 0 Å². The molecule has 0 N–H and O–H groups in total. The number of piperazine rings is 1. The van der Waals surface area contributed by atoms with Crippen LogP contribution in [0.15, 0.2) is 18.5 Å². The van der Waals surface area contributed by atoms with Crippen LogP contribution in [0.2, 0.25) is 0 Å². The van der Waals surface area contributed by atoms with E-state index in [9.17, 15) is 0 Å². The molecule has 0 unspecified atom stereocenters. The van der Waals surface area contributed by atoms with Gasteiger partial charge in [0.05, 0.1) is 11.4 Å². The Balaban J connectivity index is 1.27. The molecule has 3 aromatic rings. The molecule has 0 radical (unpaired) electrons. The molecule has 0 spiro atoms. The van der Waals surface area contributed by atoms with Crippen LogP contribution in [0.1, 0.15) is 23.4 Å². The highest BCUT2D eigenvalue weighted by atomic mass is 15.4. The van der Waals surface area contributed by atoms with Crippen LogP contribution in [0.5, 0.6) is 0 Å². The molecule has 4 heterocycles. The highest BCUT2D eigenvalue weighted by Gasteiger charge is 2.24.